The Morgan fingerprint density at radius 1 is 0.281 bits per heavy atom. The van der Waals surface area contributed by atoms with E-state index in [2.05, 4.69) is 59.1 Å². The molecule has 2 amide bonds. The van der Waals surface area contributed by atoms with E-state index in [-0.39, 0.29) is 11.8 Å². The van der Waals surface area contributed by atoms with Gasteiger partial charge in [-0.25, -0.2) is 0 Å². The quantitative estimate of drug-likeness (QED) is 0.0570. The second kappa shape index (κ2) is 49.7. The summed E-state index contributed by atoms with van der Waals surface area (Å²) >= 11 is 0. The molecule has 0 saturated carbocycles. The average Bonchev–Trinajstić information content (AvgIpc) is 3.31. The van der Waals surface area contributed by atoms with Crippen LogP contribution in [-0.4, -0.2) is 121 Å². The van der Waals surface area contributed by atoms with E-state index in [0.717, 1.165) is 32.7 Å². The van der Waals surface area contributed by atoms with Gasteiger partial charge in [-0.3, -0.25) is 19.4 Å². The molecule has 7 nitrogen and oxygen atoms in total. The van der Waals surface area contributed by atoms with Gasteiger partial charge in [0.15, 0.2) is 0 Å². The molecule has 0 radical (unpaired) electrons. The predicted octanol–water partition coefficient (Wildman–Crippen LogP) is 15.3. The third-order valence-corrected chi connectivity index (χ3v) is 13.8. The largest absolute Gasteiger partial charge is 0.338 e. The van der Waals surface area contributed by atoms with Crippen LogP contribution in [0.5, 0.6) is 0 Å². The van der Waals surface area contributed by atoms with Crippen LogP contribution in [-0.2, 0) is 9.59 Å². The maximum absolute atomic E-state index is 14.0. The Balaban J connectivity index is 0.0000195. The normalized spacial score (nSPS) is 13.1. The van der Waals surface area contributed by atoms with Crippen LogP contribution in [0.25, 0.3) is 0 Å². The Morgan fingerprint density at radius 2 is 0.469 bits per heavy atom. The summed E-state index contributed by atoms with van der Waals surface area (Å²) in [6.45, 7) is 26.8. The molecule has 7 heteroatoms. The van der Waals surface area contributed by atoms with Gasteiger partial charge in [0.05, 0.1) is 13.1 Å². The highest BCUT2D eigenvalue weighted by atomic mass is 16.2. The molecular weight excluding hydrogens is 787 g/mol. The average molecular weight is 905 g/mol. The van der Waals surface area contributed by atoms with E-state index in [1.54, 1.807) is 0 Å². The summed E-state index contributed by atoms with van der Waals surface area (Å²) in [5, 5.41) is 0. The van der Waals surface area contributed by atoms with Crippen LogP contribution in [0.4, 0.5) is 0 Å². The minimum atomic E-state index is 0.269. The van der Waals surface area contributed by atoms with Crippen molar-refractivity contribution in [3.8, 4) is 0 Å². The van der Waals surface area contributed by atoms with Crippen LogP contribution in [0.2, 0.25) is 0 Å². The van der Waals surface area contributed by atoms with Crippen molar-refractivity contribution >= 4 is 11.8 Å². The van der Waals surface area contributed by atoms with Crippen LogP contribution in [0, 0.1) is 0 Å². The van der Waals surface area contributed by atoms with Crippen LogP contribution < -0.4 is 0 Å². The summed E-state index contributed by atoms with van der Waals surface area (Å²) in [7, 11) is 0. The number of rotatable bonds is 47. The molecule has 1 rings (SSSR count). The first-order valence-corrected chi connectivity index (χ1v) is 29.2. The first-order chi connectivity index (χ1) is 31.5. The molecule has 0 bridgehead atoms. The highest BCUT2D eigenvalue weighted by Crippen LogP contribution is 2.15. The monoisotopic (exact) mass is 904 g/mol. The van der Waals surface area contributed by atoms with E-state index >= 15 is 0 Å². The van der Waals surface area contributed by atoms with Crippen molar-refractivity contribution in [2.45, 2.75) is 273 Å². The summed E-state index contributed by atoms with van der Waals surface area (Å²) in [5.41, 5.74) is 0. The summed E-state index contributed by atoms with van der Waals surface area (Å²) in [4.78, 5) is 39.5. The molecule has 0 aliphatic carbocycles. The highest BCUT2D eigenvalue weighted by molar-refractivity contribution is 5.80. The van der Waals surface area contributed by atoms with Crippen molar-refractivity contribution < 1.29 is 9.59 Å². The van der Waals surface area contributed by atoms with Gasteiger partial charge < -0.3 is 14.7 Å². The zero-order valence-corrected chi connectivity index (χ0v) is 45.0. The lowest BCUT2D eigenvalue weighted by molar-refractivity contribution is -0.140. The molecule has 0 spiro atoms. The van der Waals surface area contributed by atoms with Crippen LogP contribution in [0.3, 0.4) is 0 Å². The molecule has 382 valence electrons. The van der Waals surface area contributed by atoms with Crippen molar-refractivity contribution in [3.63, 3.8) is 0 Å². The standard InChI is InChI=1S/C55H111N5O2.C2H6/c1-6-11-16-21-26-31-36-41-56(42-37-32-27-22-17-12-7-2)46-47-58(45-40-35-30-25-20-15-10-5)53-55(62)60-50-48-59(49-51-60)54(61)52-57(43-38-33-28-23-18-13-8-3)44-39-34-29-24-19-14-9-4;1-2/h6-53H2,1-5H3;1-2H3. The Labute approximate surface area is 402 Å². The number of amides is 2. The third kappa shape index (κ3) is 38.9. The number of carbonyl (C=O) groups excluding carboxylic acids is 2. The maximum atomic E-state index is 14.0. The molecule has 1 saturated heterocycles. The van der Waals surface area contributed by atoms with Gasteiger partial charge in [0.1, 0.15) is 0 Å². The van der Waals surface area contributed by atoms with Crippen molar-refractivity contribution in [2.24, 2.45) is 0 Å². The van der Waals surface area contributed by atoms with Crippen molar-refractivity contribution in [2.75, 3.05) is 85.1 Å². The molecule has 0 aromatic heterocycles. The zero-order chi connectivity index (χ0) is 47.0. The molecule has 64 heavy (non-hydrogen) atoms. The zero-order valence-electron chi connectivity index (χ0n) is 45.0. The lowest BCUT2D eigenvalue weighted by atomic mass is 10.1. The molecule has 0 N–H and O–H groups in total. The van der Waals surface area contributed by atoms with E-state index < -0.39 is 0 Å². The number of piperazine rings is 1. The first-order valence-electron chi connectivity index (χ1n) is 29.2. The van der Waals surface area contributed by atoms with Gasteiger partial charge >= 0.3 is 0 Å². The molecule has 0 aromatic carbocycles. The van der Waals surface area contributed by atoms with Gasteiger partial charge in [0.2, 0.25) is 11.8 Å². The second-order valence-corrected chi connectivity index (χ2v) is 19.8. The lowest BCUT2D eigenvalue weighted by Crippen LogP contribution is -2.54. The van der Waals surface area contributed by atoms with E-state index in [4.69, 9.17) is 0 Å². The summed E-state index contributed by atoms with van der Waals surface area (Å²) in [6.07, 6.45) is 46.4. The first kappa shape index (κ1) is 62.8. The van der Waals surface area contributed by atoms with Crippen molar-refractivity contribution in [3.05, 3.63) is 0 Å². The van der Waals surface area contributed by atoms with Gasteiger partial charge in [0.25, 0.3) is 0 Å². The van der Waals surface area contributed by atoms with Crippen molar-refractivity contribution in [1.82, 2.24) is 24.5 Å². The van der Waals surface area contributed by atoms with Gasteiger partial charge in [-0.2, -0.15) is 0 Å². The molecule has 1 aliphatic rings. The summed E-state index contributed by atoms with van der Waals surface area (Å²) < 4.78 is 0. The number of hydrogen-bond acceptors (Lipinski definition) is 5. The SMILES string of the molecule is CC.CCCCCCCCCN(CCCCCCCCC)CCN(CCCCCCCCC)CC(=O)N1CCN(C(=O)CN(CCCCCCCCC)CCCCCCCCC)CC1. The minimum absolute atomic E-state index is 0.269. The van der Waals surface area contributed by atoms with Gasteiger partial charge in [-0.15, -0.1) is 0 Å². The van der Waals surface area contributed by atoms with Gasteiger partial charge in [0, 0.05) is 39.3 Å². The van der Waals surface area contributed by atoms with E-state index in [0.29, 0.717) is 39.3 Å². The number of nitrogens with zero attached hydrogens (tertiary/aromatic N) is 5. The molecule has 1 heterocycles. The fourth-order valence-corrected chi connectivity index (χ4v) is 9.41. The third-order valence-electron chi connectivity index (χ3n) is 13.8. The second-order valence-electron chi connectivity index (χ2n) is 19.8. The van der Waals surface area contributed by atoms with E-state index in [1.165, 1.54) is 238 Å². The lowest BCUT2D eigenvalue weighted by Gasteiger charge is -2.37. The highest BCUT2D eigenvalue weighted by Gasteiger charge is 2.26. The molecule has 0 aromatic rings. The molecule has 0 unspecified atom stereocenters. The number of unbranched alkanes of at least 4 members (excludes halogenated alkanes) is 30. The number of carbonyl (C=O) groups is 2. The van der Waals surface area contributed by atoms with E-state index in [9.17, 15) is 9.59 Å². The topological polar surface area (TPSA) is 50.3 Å². The molecular formula is C57H117N5O2. The minimum Gasteiger partial charge on any atom is -0.338 e. The Bertz CT molecular complexity index is 920. The Hall–Kier alpha value is -1.18. The molecule has 1 aliphatic heterocycles. The van der Waals surface area contributed by atoms with Gasteiger partial charge in [-0.05, 0) is 64.8 Å². The Kier molecular flexibility index (Phi) is 48.8. The molecule has 1 fully saturated rings. The summed E-state index contributed by atoms with van der Waals surface area (Å²) in [6, 6.07) is 0. The predicted molar refractivity (Wildman–Crippen MR) is 284 cm³/mol. The molecule has 0 atom stereocenters. The van der Waals surface area contributed by atoms with E-state index in [1.807, 2.05) is 13.8 Å². The van der Waals surface area contributed by atoms with Crippen LogP contribution in [0.15, 0.2) is 0 Å². The van der Waals surface area contributed by atoms with Gasteiger partial charge in [-0.1, -0.05) is 241 Å². The van der Waals surface area contributed by atoms with Crippen LogP contribution >= 0.6 is 0 Å². The van der Waals surface area contributed by atoms with Crippen LogP contribution in [0.1, 0.15) is 273 Å². The maximum Gasteiger partial charge on any atom is 0.236 e. The fraction of sp³-hybridized carbons (Fsp3) is 0.965. The summed E-state index contributed by atoms with van der Waals surface area (Å²) in [5.74, 6) is 0.538. The smallest absolute Gasteiger partial charge is 0.236 e. The Morgan fingerprint density at radius 3 is 0.719 bits per heavy atom. The van der Waals surface area contributed by atoms with Crippen molar-refractivity contribution in [1.29, 1.82) is 0 Å². The fourth-order valence-electron chi connectivity index (χ4n) is 9.41. The number of hydrogen-bond donors (Lipinski definition) is 0.